The van der Waals surface area contributed by atoms with Crippen molar-refractivity contribution in [3.63, 3.8) is 0 Å². The minimum atomic E-state index is 0.0323. The van der Waals surface area contributed by atoms with Crippen molar-refractivity contribution in [2.45, 2.75) is 13.0 Å². The summed E-state index contributed by atoms with van der Waals surface area (Å²) in [6.07, 6.45) is 0.854. The van der Waals surface area contributed by atoms with Gasteiger partial charge in [0.1, 0.15) is 5.01 Å². The fourth-order valence-corrected chi connectivity index (χ4v) is 4.48. The Hall–Kier alpha value is -2.41. The number of aromatic nitrogens is 1. The molecule has 1 N–H and O–H groups in total. The summed E-state index contributed by atoms with van der Waals surface area (Å²) in [5.74, 6) is 0. The van der Waals surface area contributed by atoms with Crippen LogP contribution >= 0.6 is 22.9 Å². The first-order valence-electron chi connectivity index (χ1n) is 10.2. The van der Waals surface area contributed by atoms with Gasteiger partial charge in [0.2, 0.25) is 0 Å². The molecule has 1 aliphatic rings. The van der Waals surface area contributed by atoms with E-state index in [2.05, 4.69) is 27.7 Å². The van der Waals surface area contributed by atoms with E-state index in [0.29, 0.717) is 6.54 Å². The highest BCUT2D eigenvalue weighted by atomic mass is 35.5. The third-order valence-electron chi connectivity index (χ3n) is 5.24. The van der Waals surface area contributed by atoms with Crippen LogP contribution in [-0.4, -0.2) is 53.5 Å². The lowest BCUT2D eigenvalue weighted by Crippen LogP contribution is -2.51. The zero-order valence-electron chi connectivity index (χ0n) is 16.8. The maximum Gasteiger partial charge on any atom is 0.317 e. The van der Waals surface area contributed by atoms with Crippen LogP contribution in [0.25, 0.3) is 11.3 Å². The molecule has 1 aromatic heterocycles. The normalized spacial score (nSPS) is 14.6. The fraction of sp³-hybridized carbons (Fsp3) is 0.304. The lowest BCUT2D eigenvalue weighted by Gasteiger charge is -2.34. The van der Waals surface area contributed by atoms with E-state index in [1.165, 1.54) is 5.56 Å². The fourth-order valence-electron chi connectivity index (χ4n) is 3.51. The molecule has 0 spiro atoms. The first-order valence-corrected chi connectivity index (χ1v) is 11.4. The summed E-state index contributed by atoms with van der Waals surface area (Å²) in [6.45, 7) is 4.69. The standard InChI is InChI=1S/C23H25ClN4OS/c24-20-8-6-19(7-9-20)21-17-30-22(26-21)16-27-12-14-28(15-13-27)23(29)25-11-10-18-4-2-1-3-5-18/h1-9,17H,10-16H2,(H,25,29). The summed E-state index contributed by atoms with van der Waals surface area (Å²) in [5.41, 5.74) is 3.31. The van der Waals surface area contributed by atoms with Crippen molar-refractivity contribution in [2.24, 2.45) is 0 Å². The Labute approximate surface area is 186 Å². The van der Waals surface area contributed by atoms with Crippen LogP contribution in [0.1, 0.15) is 10.6 Å². The largest absolute Gasteiger partial charge is 0.338 e. The molecule has 1 fully saturated rings. The summed E-state index contributed by atoms with van der Waals surface area (Å²) in [5, 5.41) is 6.96. The predicted octanol–water partition coefficient (Wildman–Crippen LogP) is 4.53. The number of halogens is 1. The number of piperazine rings is 1. The highest BCUT2D eigenvalue weighted by molar-refractivity contribution is 7.09. The molecule has 0 unspecified atom stereocenters. The topological polar surface area (TPSA) is 48.5 Å². The second kappa shape index (κ2) is 10.1. The smallest absolute Gasteiger partial charge is 0.317 e. The Kier molecular flexibility index (Phi) is 7.00. The summed E-state index contributed by atoms with van der Waals surface area (Å²) < 4.78 is 0. The van der Waals surface area contributed by atoms with Gasteiger partial charge >= 0.3 is 6.03 Å². The molecule has 0 bridgehead atoms. The SMILES string of the molecule is O=C(NCCc1ccccc1)N1CCN(Cc2nc(-c3ccc(Cl)cc3)cs2)CC1. The van der Waals surface area contributed by atoms with Crippen LogP contribution in [0.3, 0.4) is 0 Å². The van der Waals surface area contributed by atoms with Gasteiger partial charge < -0.3 is 10.2 Å². The molecule has 0 radical (unpaired) electrons. The number of urea groups is 1. The van der Waals surface area contributed by atoms with E-state index < -0.39 is 0 Å². The number of nitrogens with one attached hydrogen (secondary N) is 1. The van der Waals surface area contributed by atoms with Crippen molar-refractivity contribution in [1.29, 1.82) is 0 Å². The van der Waals surface area contributed by atoms with Gasteiger partial charge in [-0.1, -0.05) is 54.1 Å². The molecule has 2 amide bonds. The van der Waals surface area contributed by atoms with Gasteiger partial charge in [0.15, 0.2) is 0 Å². The predicted molar refractivity (Wildman–Crippen MR) is 123 cm³/mol. The van der Waals surface area contributed by atoms with Crippen molar-refractivity contribution in [3.05, 3.63) is 75.6 Å². The molecule has 30 heavy (non-hydrogen) atoms. The molecule has 5 nitrogen and oxygen atoms in total. The molecule has 0 atom stereocenters. The molecule has 1 aliphatic heterocycles. The highest BCUT2D eigenvalue weighted by Gasteiger charge is 2.21. The minimum Gasteiger partial charge on any atom is -0.338 e. The monoisotopic (exact) mass is 440 g/mol. The van der Waals surface area contributed by atoms with E-state index in [-0.39, 0.29) is 6.03 Å². The number of amides is 2. The highest BCUT2D eigenvalue weighted by Crippen LogP contribution is 2.24. The quantitative estimate of drug-likeness (QED) is 0.612. The Morgan fingerprint density at radius 3 is 2.50 bits per heavy atom. The Balaban J connectivity index is 1.21. The van der Waals surface area contributed by atoms with E-state index in [9.17, 15) is 4.79 Å². The van der Waals surface area contributed by atoms with Crippen LogP contribution in [-0.2, 0) is 13.0 Å². The molecule has 156 valence electrons. The number of rotatable bonds is 6. The van der Waals surface area contributed by atoms with Gasteiger partial charge in [-0.25, -0.2) is 9.78 Å². The average Bonchev–Trinajstić information content (AvgIpc) is 3.24. The molecular formula is C23H25ClN4OS. The van der Waals surface area contributed by atoms with E-state index >= 15 is 0 Å². The zero-order valence-corrected chi connectivity index (χ0v) is 18.3. The summed E-state index contributed by atoms with van der Waals surface area (Å²) in [6, 6.07) is 18.0. The Morgan fingerprint density at radius 1 is 1.03 bits per heavy atom. The number of nitrogens with zero attached hydrogens (tertiary/aromatic N) is 3. The Morgan fingerprint density at radius 2 is 1.77 bits per heavy atom. The molecule has 3 aromatic rings. The van der Waals surface area contributed by atoms with Crippen molar-refractivity contribution in [1.82, 2.24) is 20.1 Å². The number of carbonyl (C=O) groups is 1. The molecule has 0 saturated carbocycles. The van der Waals surface area contributed by atoms with Gasteiger partial charge in [-0.3, -0.25) is 4.90 Å². The van der Waals surface area contributed by atoms with Crippen molar-refractivity contribution in [2.75, 3.05) is 32.7 Å². The van der Waals surface area contributed by atoms with Crippen LogP contribution in [0.4, 0.5) is 4.79 Å². The third-order valence-corrected chi connectivity index (χ3v) is 6.33. The van der Waals surface area contributed by atoms with Crippen LogP contribution in [0.2, 0.25) is 5.02 Å². The summed E-state index contributed by atoms with van der Waals surface area (Å²) >= 11 is 7.65. The van der Waals surface area contributed by atoms with Crippen LogP contribution in [0, 0.1) is 0 Å². The van der Waals surface area contributed by atoms with E-state index in [0.717, 1.165) is 60.4 Å². The van der Waals surface area contributed by atoms with Gasteiger partial charge in [0.05, 0.1) is 12.2 Å². The van der Waals surface area contributed by atoms with E-state index in [1.54, 1.807) is 11.3 Å². The van der Waals surface area contributed by atoms with Crippen LogP contribution in [0.5, 0.6) is 0 Å². The summed E-state index contributed by atoms with van der Waals surface area (Å²) in [4.78, 5) is 21.4. The Bertz CT molecular complexity index is 953. The van der Waals surface area contributed by atoms with E-state index in [4.69, 9.17) is 16.6 Å². The summed E-state index contributed by atoms with van der Waals surface area (Å²) in [7, 11) is 0. The first-order chi connectivity index (χ1) is 14.7. The van der Waals surface area contributed by atoms with Crippen LogP contribution < -0.4 is 5.32 Å². The van der Waals surface area contributed by atoms with Gasteiger partial charge in [0, 0.05) is 48.7 Å². The number of hydrogen-bond acceptors (Lipinski definition) is 4. The van der Waals surface area contributed by atoms with Gasteiger partial charge in [-0.15, -0.1) is 11.3 Å². The van der Waals surface area contributed by atoms with Crippen molar-refractivity contribution in [3.8, 4) is 11.3 Å². The van der Waals surface area contributed by atoms with Gasteiger partial charge in [-0.2, -0.15) is 0 Å². The number of hydrogen-bond donors (Lipinski definition) is 1. The number of thiazole rings is 1. The molecule has 2 heterocycles. The molecule has 7 heteroatoms. The van der Waals surface area contributed by atoms with E-state index in [1.807, 2.05) is 47.4 Å². The molecule has 0 aliphatic carbocycles. The lowest BCUT2D eigenvalue weighted by molar-refractivity contribution is 0.135. The second-order valence-electron chi connectivity index (χ2n) is 7.36. The van der Waals surface area contributed by atoms with Crippen molar-refractivity contribution >= 4 is 29.0 Å². The second-order valence-corrected chi connectivity index (χ2v) is 8.74. The maximum atomic E-state index is 12.4. The zero-order chi connectivity index (χ0) is 20.8. The molecule has 2 aromatic carbocycles. The molecule has 1 saturated heterocycles. The third kappa shape index (κ3) is 5.59. The number of carbonyl (C=O) groups excluding carboxylic acids is 1. The number of benzene rings is 2. The molecular weight excluding hydrogens is 416 g/mol. The average molecular weight is 441 g/mol. The lowest BCUT2D eigenvalue weighted by atomic mass is 10.1. The maximum absolute atomic E-state index is 12.4. The van der Waals surface area contributed by atoms with Gasteiger partial charge in [0.25, 0.3) is 0 Å². The minimum absolute atomic E-state index is 0.0323. The molecule has 4 rings (SSSR count). The van der Waals surface area contributed by atoms with Crippen LogP contribution in [0.15, 0.2) is 60.0 Å². The first kappa shape index (κ1) is 20.8. The van der Waals surface area contributed by atoms with Gasteiger partial charge in [-0.05, 0) is 24.1 Å². The van der Waals surface area contributed by atoms with Crippen molar-refractivity contribution < 1.29 is 4.79 Å².